The Labute approximate surface area is 163 Å². The van der Waals surface area contributed by atoms with Gasteiger partial charge in [0, 0.05) is 19.5 Å². The highest BCUT2D eigenvalue weighted by molar-refractivity contribution is 6.21. The summed E-state index contributed by atoms with van der Waals surface area (Å²) in [7, 11) is 1.64. The molecular formula is C22H22N2O4. The van der Waals surface area contributed by atoms with Gasteiger partial charge in [-0.2, -0.15) is 0 Å². The molecule has 2 aliphatic heterocycles. The summed E-state index contributed by atoms with van der Waals surface area (Å²) in [5.74, 6) is 0.122. The SMILES string of the molecule is COc1ccc2c(c1)CCN(C(=O)CCN1C(=O)c3ccccc3C1=O)C2C. The summed E-state index contributed by atoms with van der Waals surface area (Å²) in [6.45, 7) is 2.72. The van der Waals surface area contributed by atoms with Gasteiger partial charge in [-0.05, 0) is 48.7 Å². The van der Waals surface area contributed by atoms with Crippen molar-refractivity contribution in [2.45, 2.75) is 25.8 Å². The van der Waals surface area contributed by atoms with Gasteiger partial charge in [-0.3, -0.25) is 19.3 Å². The van der Waals surface area contributed by atoms with Crippen molar-refractivity contribution in [3.8, 4) is 5.75 Å². The highest BCUT2D eigenvalue weighted by atomic mass is 16.5. The van der Waals surface area contributed by atoms with Gasteiger partial charge in [0.1, 0.15) is 5.75 Å². The maximum Gasteiger partial charge on any atom is 0.261 e. The van der Waals surface area contributed by atoms with Crippen LogP contribution in [0.1, 0.15) is 51.2 Å². The number of hydrogen-bond donors (Lipinski definition) is 0. The molecule has 1 unspecified atom stereocenters. The van der Waals surface area contributed by atoms with Crippen LogP contribution in [0.15, 0.2) is 42.5 Å². The molecule has 144 valence electrons. The van der Waals surface area contributed by atoms with Gasteiger partial charge in [0.15, 0.2) is 0 Å². The molecule has 2 aromatic rings. The van der Waals surface area contributed by atoms with Crippen molar-refractivity contribution < 1.29 is 19.1 Å². The molecule has 4 rings (SSSR count). The second-order valence-corrected chi connectivity index (χ2v) is 7.14. The minimum absolute atomic E-state index is 0.0504. The maximum atomic E-state index is 12.8. The van der Waals surface area contributed by atoms with Crippen LogP contribution < -0.4 is 4.74 Å². The van der Waals surface area contributed by atoms with Gasteiger partial charge in [-0.1, -0.05) is 18.2 Å². The number of ether oxygens (including phenoxy) is 1. The predicted octanol–water partition coefficient (Wildman–Crippen LogP) is 2.83. The second-order valence-electron chi connectivity index (χ2n) is 7.14. The predicted molar refractivity (Wildman–Crippen MR) is 103 cm³/mol. The molecule has 2 heterocycles. The van der Waals surface area contributed by atoms with E-state index in [1.165, 1.54) is 10.5 Å². The van der Waals surface area contributed by atoms with Crippen LogP contribution >= 0.6 is 0 Å². The molecular weight excluding hydrogens is 356 g/mol. The van der Waals surface area contributed by atoms with Gasteiger partial charge < -0.3 is 9.64 Å². The zero-order chi connectivity index (χ0) is 19.8. The summed E-state index contributed by atoms with van der Waals surface area (Å²) in [5, 5.41) is 0. The van der Waals surface area contributed by atoms with E-state index < -0.39 is 0 Å². The summed E-state index contributed by atoms with van der Waals surface area (Å²) < 4.78 is 5.28. The van der Waals surface area contributed by atoms with Gasteiger partial charge >= 0.3 is 0 Å². The molecule has 0 spiro atoms. The lowest BCUT2D eigenvalue weighted by molar-refractivity contribution is -0.133. The van der Waals surface area contributed by atoms with Crippen LogP contribution in [0, 0.1) is 0 Å². The topological polar surface area (TPSA) is 66.9 Å². The van der Waals surface area contributed by atoms with Gasteiger partial charge in [-0.15, -0.1) is 0 Å². The van der Waals surface area contributed by atoms with Crippen LogP contribution in [-0.2, 0) is 11.2 Å². The number of carbonyl (C=O) groups excluding carboxylic acids is 3. The zero-order valence-electron chi connectivity index (χ0n) is 16.0. The smallest absolute Gasteiger partial charge is 0.261 e. The van der Waals surface area contributed by atoms with Crippen LogP contribution in [0.3, 0.4) is 0 Å². The minimum Gasteiger partial charge on any atom is -0.497 e. The third-order valence-electron chi connectivity index (χ3n) is 5.64. The number of carbonyl (C=O) groups is 3. The van der Waals surface area contributed by atoms with Crippen molar-refractivity contribution in [1.82, 2.24) is 9.80 Å². The maximum absolute atomic E-state index is 12.8. The normalized spacial score (nSPS) is 18.1. The average molecular weight is 378 g/mol. The molecule has 0 fully saturated rings. The molecule has 0 bridgehead atoms. The Morgan fingerprint density at radius 1 is 1.11 bits per heavy atom. The zero-order valence-corrected chi connectivity index (χ0v) is 16.0. The van der Waals surface area contributed by atoms with Crippen LogP contribution in [0.2, 0.25) is 0 Å². The number of benzene rings is 2. The summed E-state index contributed by atoms with van der Waals surface area (Å²) in [5.41, 5.74) is 3.13. The van der Waals surface area contributed by atoms with E-state index in [-0.39, 0.29) is 36.7 Å². The third kappa shape index (κ3) is 2.95. The number of rotatable bonds is 4. The van der Waals surface area contributed by atoms with Gasteiger partial charge in [0.2, 0.25) is 5.91 Å². The van der Waals surface area contributed by atoms with Gasteiger partial charge in [0.05, 0.1) is 24.3 Å². The van der Waals surface area contributed by atoms with Gasteiger partial charge in [-0.25, -0.2) is 0 Å². The average Bonchev–Trinajstić information content (AvgIpc) is 2.96. The van der Waals surface area contributed by atoms with E-state index in [9.17, 15) is 14.4 Å². The molecule has 1 atom stereocenters. The monoisotopic (exact) mass is 378 g/mol. The molecule has 2 aromatic carbocycles. The van der Waals surface area contributed by atoms with E-state index in [1.54, 1.807) is 31.4 Å². The molecule has 0 saturated heterocycles. The molecule has 0 radical (unpaired) electrons. The fourth-order valence-corrected chi connectivity index (χ4v) is 4.07. The Morgan fingerprint density at radius 3 is 2.43 bits per heavy atom. The Kier molecular flexibility index (Phi) is 4.63. The van der Waals surface area contributed by atoms with Crippen LogP contribution in [-0.4, -0.2) is 47.7 Å². The van der Waals surface area contributed by atoms with E-state index in [4.69, 9.17) is 4.74 Å². The van der Waals surface area contributed by atoms with E-state index >= 15 is 0 Å². The molecule has 3 amide bonds. The third-order valence-corrected chi connectivity index (χ3v) is 5.64. The first-order valence-corrected chi connectivity index (χ1v) is 9.42. The number of methoxy groups -OCH3 is 1. The molecule has 0 N–H and O–H groups in total. The highest BCUT2D eigenvalue weighted by Crippen LogP contribution is 2.32. The van der Waals surface area contributed by atoms with E-state index in [1.807, 2.05) is 30.0 Å². The summed E-state index contributed by atoms with van der Waals surface area (Å²) in [4.78, 5) is 40.7. The molecule has 28 heavy (non-hydrogen) atoms. The lowest BCUT2D eigenvalue weighted by Crippen LogP contribution is -2.41. The van der Waals surface area contributed by atoms with E-state index in [0.717, 1.165) is 17.7 Å². The molecule has 6 nitrogen and oxygen atoms in total. The Bertz CT molecular complexity index is 934. The highest BCUT2D eigenvalue weighted by Gasteiger charge is 2.36. The Balaban J connectivity index is 1.44. The summed E-state index contributed by atoms with van der Waals surface area (Å²) >= 11 is 0. The fraction of sp³-hybridized carbons (Fsp3) is 0.318. The number of nitrogens with zero attached hydrogens (tertiary/aromatic N) is 2. The fourth-order valence-electron chi connectivity index (χ4n) is 4.07. The van der Waals surface area contributed by atoms with E-state index in [0.29, 0.717) is 17.7 Å². The van der Waals surface area contributed by atoms with E-state index in [2.05, 4.69) is 0 Å². The summed E-state index contributed by atoms with van der Waals surface area (Å²) in [6.07, 6.45) is 0.886. The molecule has 0 aromatic heterocycles. The molecule has 0 aliphatic carbocycles. The van der Waals surface area contributed by atoms with Crippen LogP contribution in [0.5, 0.6) is 5.75 Å². The van der Waals surface area contributed by atoms with Crippen LogP contribution in [0.4, 0.5) is 0 Å². The van der Waals surface area contributed by atoms with Crippen LogP contribution in [0.25, 0.3) is 0 Å². The Morgan fingerprint density at radius 2 is 1.79 bits per heavy atom. The van der Waals surface area contributed by atoms with Crippen molar-refractivity contribution in [2.24, 2.45) is 0 Å². The number of fused-ring (bicyclic) bond motifs is 2. The first kappa shape index (κ1) is 18.2. The summed E-state index contributed by atoms with van der Waals surface area (Å²) in [6, 6.07) is 12.6. The first-order valence-electron chi connectivity index (χ1n) is 9.42. The lowest BCUT2D eigenvalue weighted by atomic mass is 9.93. The second kappa shape index (κ2) is 7.11. The van der Waals surface area contributed by atoms with Crippen molar-refractivity contribution in [2.75, 3.05) is 20.2 Å². The first-order chi connectivity index (χ1) is 13.5. The molecule has 6 heteroatoms. The minimum atomic E-state index is -0.322. The quantitative estimate of drug-likeness (QED) is 0.768. The van der Waals surface area contributed by atoms with Crippen molar-refractivity contribution in [1.29, 1.82) is 0 Å². The van der Waals surface area contributed by atoms with Crippen molar-refractivity contribution >= 4 is 17.7 Å². The largest absolute Gasteiger partial charge is 0.497 e. The lowest BCUT2D eigenvalue weighted by Gasteiger charge is -2.35. The van der Waals surface area contributed by atoms with Gasteiger partial charge in [0.25, 0.3) is 11.8 Å². The molecule has 2 aliphatic rings. The van der Waals surface area contributed by atoms with Crippen molar-refractivity contribution in [3.05, 3.63) is 64.7 Å². The number of hydrogen-bond acceptors (Lipinski definition) is 4. The number of imide groups is 1. The van der Waals surface area contributed by atoms with Crippen molar-refractivity contribution in [3.63, 3.8) is 0 Å². The Hall–Kier alpha value is -3.15. The number of amides is 3. The molecule has 0 saturated carbocycles. The standard InChI is InChI=1S/C22H22N2O4/c1-14-17-8-7-16(28-2)13-15(17)9-11-23(14)20(25)10-12-24-21(26)18-5-3-4-6-19(18)22(24)27/h3-8,13-14H,9-12H2,1-2H3.